The van der Waals surface area contributed by atoms with Gasteiger partial charge in [0.2, 0.25) is 0 Å². The van der Waals surface area contributed by atoms with Gasteiger partial charge in [-0.15, -0.1) is 0 Å². The summed E-state index contributed by atoms with van der Waals surface area (Å²) in [4.78, 5) is 11.2. The van der Waals surface area contributed by atoms with Gasteiger partial charge in [-0.3, -0.25) is 0 Å². The van der Waals surface area contributed by atoms with Crippen LogP contribution in [0.4, 0.5) is 4.39 Å². The van der Waals surface area contributed by atoms with E-state index in [1.807, 2.05) is 25.1 Å². The number of fused-ring (bicyclic) bond motifs is 1. The van der Waals surface area contributed by atoms with Gasteiger partial charge in [-0.25, -0.2) is 9.18 Å². The van der Waals surface area contributed by atoms with Crippen LogP contribution in [0, 0.1) is 12.7 Å². The zero-order valence-corrected chi connectivity index (χ0v) is 11.7. The molecule has 0 saturated heterocycles. The summed E-state index contributed by atoms with van der Waals surface area (Å²) in [6, 6.07) is 10.1. The van der Waals surface area contributed by atoms with Crippen LogP contribution in [0.25, 0.3) is 5.57 Å². The number of aryl methyl sites for hydroxylation is 2. The Kier molecular flexibility index (Phi) is 3.34. The smallest absolute Gasteiger partial charge is 0.335 e. The zero-order valence-electron chi connectivity index (χ0n) is 11.7. The predicted octanol–water partition coefficient (Wildman–Crippen LogP) is 4.21. The maximum atomic E-state index is 14.2. The van der Waals surface area contributed by atoms with Gasteiger partial charge in [0.15, 0.2) is 0 Å². The van der Waals surface area contributed by atoms with Crippen LogP contribution < -0.4 is 0 Å². The molecule has 0 aliphatic heterocycles. The van der Waals surface area contributed by atoms with Gasteiger partial charge in [-0.05, 0) is 60.2 Å². The summed E-state index contributed by atoms with van der Waals surface area (Å²) in [5, 5.41) is 9.16. The van der Waals surface area contributed by atoms with Crippen molar-refractivity contribution in [2.75, 3.05) is 0 Å². The van der Waals surface area contributed by atoms with E-state index < -0.39 is 5.97 Å². The Morgan fingerprint density at radius 2 is 2.05 bits per heavy atom. The molecule has 0 aromatic heterocycles. The van der Waals surface area contributed by atoms with Crippen LogP contribution >= 0.6 is 0 Å². The first-order valence-electron chi connectivity index (χ1n) is 6.90. The highest BCUT2D eigenvalue weighted by molar-refractivity contribution is 5.91. The van der Waals surface area contributed by atoms with E-state index in [0.717, 1.165) is 35.1 Å². The number of carboxylic acid groups (broad SMARTS) is 1. The van der Waals surface area contributed by atoms with Crippen LogP contribution in [-0.4, -0.2) is 11.1 Å². The third-order valence-electron chi connectivity index (χ3n) is 3.90. The average molecular weight is 282 g/mol. The summed E-state index contributed by atoms with van der Waals surface area (Å²) in [5.74, 6) is -1.23. The van der Waals surface area contributed by atoms with Gasteiger partial charge in [-0.1, -0.05) is 24.3 Å². The van der Waals surface area contributed by atoms with Crippen LogP contribution in [0.3, 0.4) is 0 Å². The normalized spacial score (nSPS) is 13.5. The molecular formula is C18H15FO2. The minimum absolute atomic E-state index is 0.232. The van der Waals surface area contributed by atoms with Gasteiger partial charge in [0.25, 0.3) is 0 Å². The Morgan fingerprint density at radius 1 is 1.24 bits per heavy atom. The van der Waals surface area contributed by atoms with E-state index in [-0.39, 0.29) is 11.4 Å². The number of rotatable bonds is 2. The number of halogens is 1. The molecule has 0 saturated carbocycles. The quantitative estimate of drug-likeness (QED) is 0.895. The van der Waals surface area contributed by atoms with Crippen molar-refractivity contribution < 1.29 is 14.3 Å². The van der Waals surface area contributed by atoms with Crippen LogP contribution in [0.2, 0.25) is 0 Å². The van der Waals surface area contributed by atoms with Crippen molar-refractivity contribution in [3.05, 3.63) is 76.1 Å². The Balaban J connectivity index is 2.21. The number of hydrogen-bond donors (Lipinski definition) is 1. The second kappa shape index (κ2) is 5.17. The van der Waals surface area contributed by atoms with E-state index >= 15 is 0 Å². The molecule has 1 aliphatic carbocycles. The molecule has 0 amide bonds. The van der Waals surface area contributed by atoms with E-state index in [4.69, 9.17) is 5.11 Å². The molecule has 0 radical (unpaired) electrons. The molecule has 0 fully saturated rings. The van der Waals surface area contributed by atoms with Crippen LogP contribution in [0.5, 0.6) is 0 Å². The van der Waals surface area contributed by atoms with Gasteiger partial charge < -0.3 is 5.11 Å². The Hall–Kier alpha value is -2.42. The van der Waals surface area contributed by atoms with Gasteiger partial charge in [0, 0.05) is 5.56 Å². The molecule has 0 atom stereocenters. The molecule has 0 unspecified atom stereocenters. The van der Waals surface area contributed by atoms with Crippen LogP contribution in [-0.2, 0) is 6.42 Å². The fourth-order valence-electron chi connectivity index (χ4n) is 2.87. The monoisotopic (exact) mass is 282 g/mol. The molecule has 3 rings (SSSR count). The molecule has 106 valence electrons. The molecule has 2 aromatic carbocycles. The summed E-state index contributed by atoms with van der Waals surface area (Å²) in [5.41, 5.74) is 4.36. The van der Waals surface area contributed by atoms with Crippen molar-refractivity contribution in [2.45, 2.75) is 19.8 Å². The van der Waals surface area contributed by atoms with E-state index in [1.54, 1.807) is 18.2 Å². The minimum Gasteiger partial charge on any atom is -0.478 e. The molecule has 1 N–H and O–H groups in total. The summed E-state index contributed by atoms with van der Waals surface area (Å²) >= 11 is 0. The largest absolute Gasteiger partial charge is 0.478 e. The standard InChI is InChI=1S/C18H15FO2/c1-11-4-2-7-16(19)17(11)14-6-3-5-12-8-9-13(18(20)21)10-15(12)14/h2,4,6-10H,3,5H2,1H3,(H,20,21). The Bertz CT molecular complexity index is 740. The van der Waals surface area contributed by atoms with E-state index in [9.17, 15) is 9.18 Å². The highest BCUT2D eigenvalue weighted by Crippen LogP contribution is 2.35. The third kappa shape index (κ3) is 2.35. The fourth-order valence-corrected chi connectivity index (χ4v) is 2.87. The topological polar surface area (TPSA) is 37.3 Å². The SMILES string of the molecule is Cc1cccc(F)c1C1=CCCc2ccc(C(=O)O)cc21. The maximum Gasteiger partial charge on any atom is 0.335 e. The lowest BCUT2D eigenvalue weighted by atomic mass is 9.84. The molecule has 3 heteroatoms. The number of carbonyl (C=O) groups is 1. The van der Waals surface area contributed by atoms with E-state index in [2.05, 4.69) is 0 Å². The second-order valence-corrected chi connectivity index (χ2v) is 5.27. The lowest BCUT2D eigenvalue weighted by Gasteiger charge is -2.20. The van der Waals surface area contributed by atoms with Gasteiger partial charge in [-0.2, -0.15) is 0 Å². The summed E-state index contributed by atoms with van der Waals surface area (Å²) < 4.78 is 14.2. The summed E-state index contributed by atoms with van der Waals surface area (Å²) in [7, 11) is 0. The molecule has 2 aromatic rings. The van der Waals surface area contributed by atoms with E-state index in [0.29, 0.717) is 5.56 Å². The molecule has 1 aliphatic rings. The lowest BCUT2D eigenvalue weighted by Crippen LogP contribution is -2.06. The van der Waals surface area contributed by atoms with Crippen molar-refractivity contribution in [2.24, 2.45) is 0 Å². The van der Waals surface area contributed by atoms with Crippen molar-refractivity contribution >= 4 is 11.5 Å². The van der Waals surface area contributed by atoms with Gasteiger partial charge in [0.05, 0.1) is 5.56 Å². The second-order valence-electron chi connectivity index (χ2n) is 5.27. The first-order valence-corrected chi connectivity index (χ1v) is 6.90. The maximum absolute atomic E-state index is 14.2. The predicted molar refractivity (Wildman–Crippen MR) is 79.9 cm³/mol. The molecule has 21 heavy (non-hydrogen) atoms. The summed E-state index contributed by atoms with van der Waals surface area (Å²) in [6.45, 7) is 1.87. The number of allylic oxidation sites excluding steroid dienone is 1. The average Bonchev–Trinajstić information content (AvgIpc) is 2.46. The van der Waals surface area contributed by atoms with E-state index in [1.165, 1.54) is 6.07 Å². The van der Waals surface area contributed by atoms with Crippen LogP contribution in [0.1, 0.15) is 39.0 Å². The third-order valence-corrected chi connectivity index (χ3v) is 3.90. The van der Waals surface area contributed by atoms with Crippen molar-refractivity contribution in [1.29, 1.82) is 0 Å². The number of carboxylic acids is 1. The molecule has 0 bridgehead atoms. The Morgan fingerprint density at radius 3 is 2.76 bits per heavy atom. The Labute approximate surface area is 122 Å². The van der Waals surface area contributed by atoms with Crippen molar-refractivity contribution in [1.82, 2.24) is 0 Å². The van der Waals surface area contributed by atoms with Crippen molar-refractivity contribution in [3.8, 4) is 0 Å². The highest BCUT2D eigenvalue weighted by Gasteiger charge is 2.20. The molecule has 0 spiro atoms. The highest BCUT2D eigenvalue weighted by atomic mass is 19.1. The molecular weight excluding hydrogens is 267 g/mol. The summed E-state index contributed by atoms with van der Waals surface area (Å²) in [6.07, 6.45) is 3.69. The number of benzene rings is 2. The molecule has 0 heterocycles. The number of aromatic carboxylic acids is 1. The van der Waals surface area contributed by atoms with Crippen molar-refractivity contribution in [3.63, 3.8) is 0 Å². The van der Waals surface area contributed by atoms with Gasteiger partial charge >= 0.3 is 5.97 Å². The minimum atomic E-state index is -0.965. The number of hydrogen-bond acceptors (Lipinski definition) is 1. The van der Waals surface area contributed by atoms with Gasteiger partial charge in [0.1, 0.15) is 5.82 Å². The lowest BCUT2D eigenvalue weighted by molar-refractivity contribution is 0.0697. The first kappa shape index (κ1) is 13.6. The zero-order chi connectivity index (χ0) is 15.0. The molecule has 2 nitrogen and oxygen atoms in total. The van der Waals surface area contributed by atoms with Crippen LogP contribution in [0.15, 0.2) is 42.5 Å². The first-order chi connectivity index (χ1) is 10.1. The fraction of sp³-hybridized carbons (Fsp3) is 0.167.